The van der Waals surface area contributed by atoms with Crippen molar-refractivity contribution in [1.82, 2.24) is 19.8 Å². The number of nitrogens with zero attached hydrogens (tertiary/aromatic N) is 4. The van der Waals surface area contributed by atoms with Crippen LogP contribution in [0.2, 0.25) is 0 Å². The monoisotopic (exact) mass is 387 g/mol. The Hall–Kier alpha value is -1.32. The lowest BCUT2D eigenvalue weighted by Crippen LogP contribution is -2.32. The van der Waals surface area contributed by atoms with Gasteiger partial charge in [0.2, 0.25) is 11.1 Å². The normalized spacial score (nSPS) is 10.5. The van der Waals surface area contributed by atoms with Crippen LogP contribution in [0.25, 0.3) is 0 Å². The molecular formula is C12H14BrN5OS2. The fourth-order valence-corrected chi connectivity index (χ4v) is 3.82. The van der Waals surface area contributed by atoms with Crippen LogP contribution in [-0.2, 0) is 11.3 Å². The Labute approximate surface area is 139 Å². The van der Waals surface area contributed by atoms with Crippen molar-refractivity contribution in [3.8, 4) is 0 Å². The van der Waals surface area contributed by atoms with Crippen molar-refractivity contribution in [3.63, 3.8) is 0 Å². The summed E-state index contributed by atoms with van der Waals surface area (Å²) >= 11 is 6.30. The van der Waals surface area contributed by atoms with Gasteiger partial charge in [-0.2, -0.15) is 0 Å². The van der Waals surface area contributed by atoms with E-state index in [1.54, 1.807) is 22.3 Å². The molecule has 0 spiro atoms. The highest BCUT2D eigenvalue weighted by Crippen LogP contribution is 2.23. The van der Waals surface area contributed by atoms with E-state index in [-0.39, 0.29) is 11.7 Å². The zero-order valence-corrected chi connectivity index (χ0v) is 14.3. The third-order valence-corrected chi connectivity index (χ3v) is 5.09. The van der Waals surface area contributed by atoms with Gasteiger partial charge in [0.25, 0.3) is 0 Å². The number of carbonyl (C=O) groups excluding carboxylic acids is 1. The van der Waals surface area contributed by atoms with Gasteiger partial charge in [-0.05, 0) is 28.1 Å². The molecule has 0 aliphatic carbocycles. The lowest BCUT2D eigenvalue weighted by atomic mass is 10.4. The first-order valence-electron chi connectivity index (χ1n) is 6.01. The molecule has 1 amide bonds. The Balaban J connectivity index is 1.95. The molecule has 0 unspecified atom stereocenters. The number of carbonyl (C=O) groups is 1. The molecule has 0 saturated carbocycles. The van der Waals surface area contributed by atoms with Gasteiger partial charge < -0.3 is 10.7 Å². The number of nitrogen functional groups attached to an aromatic ring is 1. The van der Waals surface area contributed by atoms with E-state index in [0.717, 1.165) is 8.66 Å². The fraction of sp³-hybridized carbons (Fsp3) is 0.250. The number of rotatable bonds is 7. The van der Waals surface area contributed by atoms with E-state index >= 15 is 0 Å². The number of thioether (sulfide) groups is 1. The third kappa shape index (κ3) is 4.58. The first-order chi connectivity index (χ1) is 10.1. The Morgan fingerprint density at radius 2 is 2.43 bits per heavy atom. The lowest BCUT2D eigenvalue weighted by molar-refractivity contribution is -0.128. The molecule has 112 valence electrons. The van der Waals surface area contributed by atoms with Crippen LogP contribution in [0.15, 0.2) is 40.1 Å². The van der Waals surface area contributed by atoms with Gasteiger partial charge in [0.1, 0.15) is 6.33 Å². The molecule has 9 heteroatoms. The number of hydrogen-bond acceptors (Lipinski definition) is 6. The standard InChI is InChI=1S/C12H14BrN5OS2/c1-2-5-17(6-9-3-4-10(13)21-9)11(19)7-20-12-16-15-8-18(12)14/h2-4,8H,1,5-7,14H2. The van der Waals surface area contributed by atoms with Gasteiger partial charge >= 0.3 is 0 Å². The minimum Gasteiger partial charge on any atom is -0.336 e. The number of hydrogen-bond donors (Lipinski definition) is 1. The Morgan fingerprint density at radius 3 is 3.00 bits per heavy atom. The van der Waals surface area contributed by atoms with Crippen LogP contribution in [0.1, 0.15) is 4.88 Å². The van der Waals surface area contributed by atoms with Crippen molar-refractivity contribution < 1.29 is 4.79 Å². The maximum Gasteiger partial charge on any atom is 0.233 e. The van der Waals surface area contributed by atoms with Crippen LogP contribution in [0.5, 0.6) is 0 Å². The predicted molar refractivity (Wildman–Crippen MR) is 88.5 cm³/mol. The first kappa shape index (κ1) is 16.1. The van der Waals surface area contributed by atoms with Crippen molar-refractivity contribution in [1.29, 1.82) is 0 Å². The second-order valence-electron chi connectivity index (χ2n) is 4.08. The van der Waals surface area contributed by atoms with Gasteiger partial charge in [0.05, 0.1) is 16.1 Å². The van der Waals surface area contributed by atoms with Crippen LogP contribution in [0, 0.1) is 0 Å². The molecule has 0 fully saturated rings. The summed E-state index contributed by atoms with van der Waals surface area (Å²) in [6.45, 7) is 4.77. The zero-order chi connectivity index (χ0) is 15.2. The van der Waals surface area contributed by atoms with Gasteiger partial charge in [-0.1, -0.05) is 17.8 Å². The van der Waals surface area contributed by atoms with E-state index in [1.807, 2.05) is 12.1 Å². The highest BCUT2D eigenvalue weighted by molar-refractivity contribution is 9.11. The highest BCUT2D eigenvalue weighted by Gasteiger charge is 2.15. The summed E-state index contributed by atoms with van der Waals surface area (Å²) in [5.41, 5.74) is 0. The van der Waals surface area contributed by atoms with Crippen molar-refractivity contribution in [2.45, 2.75) is 11.7 Å². The quantitative estimate of drug-likeness (QED) is 0.447. The van der Waals surface area contributed by atoms with Gasteiger partial charge in [0, 0.05) is 11.4 Å². The topological polar surface area (TPSA) is 77.0 Å². The molecule has 0 atom stereocenters. The average molecular weight is 388 g/mol. The molecule has 2 N–H and O–H groups in total. The molecule has 2 rings (SSSR count). The van der Waals surface area contributed by atoms with Crippen LogP contribution in [0.4, 0.5) is 0 Å². The number of amides is 1. The molecule has 2 aromatic heterocycles. The molecule has 0 aliphatic heterocycles. The zero-order valence-electron chi connectivity index (χ0n) is 11.1. The van der Waals surface area contributed by atoms with Crippen molar-refractivity contribution in [2.75, 3.05) is 18.1 Å². The molecular weight excluding hydrogens is 374 g/mol. The molecule has 21 heavy (non-hydrogen) atoms. The van der Waals surface area contributed by atoms with Crippen LogP contribution < -0.4 is 5.84 Å². The van der Waals surface area contributed by atoms with E-state index in [2.05, 4.69) is 32.7 Å². The summed E-state index contributed by atoms with van der Waals surface area (Å²) in [6.07, 6.45) is 3.12. The van der Waals surface area contributed by atoms with Gasteiger partial charge in [-0.3, -0.25) is 4.79 Å². The van der Waals surface area contributed by atoms with E-state index in [0.29, 0.717) is 18.2 Å². The second-order valence-corrected chi connectivity index (χ2v) is 7.57. The second kappa shape index (κ2) is 7.62. The lowest BCUT2D eigenvalue weighted by Gasteiger charge is -2.20. The van der Waals surface area contributed by atoms with E-state index in [1.165, 1.54) is 22.8 Å². The van der Waals surface area contributed by atoms with E-state index in [4.69, 9.17) is 5.84 Å². The summed E-state index contributed by atoms with van der Waals surface area (Å²) in [5, 5.41) is 8.02. The molecule has 0 bridgehead atoms. The summed E-state index contributed by atoms with van der Waals surface area (Å²) in [6, 6.07) is 3.98. The number of aromatic nitrogens is 3. The van der Waals surface area contributed by atoms with E-state index < -0.39 is 0 Å². The predicted octanol–water partition coefficient (Wildman–Crippen LogP) is 2.12. The minimum absolute atomic E-state index is 0.00687. The smallest absolute Gasteiger partial charge is 0.233 e. The van der Waals surface area contributed by atoms with Crippen LogP contribution in [-0.4, -0.2) is 38.0 Å². The Kier molecular flexibility index (Phi) is 5.83. The third-order valence-electron chi connectivity index (χ3n) is 2.54. The summed E-state index contributed by atoms with van der Waals surface area (Å²) in [7, 11) is 0. The summed E-state index contributed by atoms with van der Waals surface area (Å²) in [5.74, 6) is 5.88. The number of thiophene rings is 1. The molecule has 0 aliphatic rings. The summed E-state index contributed by atoms with van der Waals surface area (Å²) in [4.78, 5) is 15.2. The maximum atomic E-state index is 12.3. The Morgan fingerprint density at radius 1 is 1.62 bits per heavy atom. The fourth-order valence-electron chi connectivity index (χ4n) is 1.59. The SMILES string of the molecule is C=CCN(Cc1ccc(Br)s1)C(=O)CSc1nncn1N. The minimum atomic E-state index is 0.00687. The van der Waals surface area contributed by atoms with Gasteiger partial charge in [-0.15, -0.1) is 28.1 Å². The number of nitrogens with two attached hydrogens (primary N) is 1. The van der Waals surface area contributed by atoms with Crippen LogP contribution >= 0.6 is 39.0 Å². The molecule has 2 heterocycles. The highest BCUT2D eigenvalue weighted by atomic mass is 79.9. The van der Waals surface area contributed by atoms with Gasteiger partial charge in [-0.25, -0.2) is 4.68 Å². The van der Waals surface area contributed by atoms with Crippen LogP contribution in [0.3, 0.4) is 0 Å². The van der Waals surface area contributed by atoms with Crippen molar-refractivity contribution in [3.05, 3.63) is 39.8 Å². The molecule has 2 aromatic rings. The molecule has 0 saturated heterocycles. The maximum absolute atomic E-state index is 12.3. The van der Waals surface area contributed by atoms with Crippen molar-refractivity contribution >= 4 is 44.9 Å². The molecule has 0 aromatic carbocycles. The largest absolute Gasteiger partial charge is 0.336 e. The Bertz CT molecular complexity index is 627. The van der Waals surface area contributed by atoms with E-state index in [9.17, 15) is 4.79 Å². The van der Waals surface area contributed by atoms with Gasteiger partial charge in [0.15, 0.2) is 0 Å². The average Bonchev–Trinajstić information content (AvgIpc) is 3.04. The summed E-state index contributed by atoms with van der Waals surface area (Å²) < 4.78 is 2.35. The van der Waals surface area contributed by atoms with Crippen molar-refractivity contribution in [2.24, 2.45) is 0 Å². The first-order valence-corrected chi connectivity index (χ1v) is 8.60. The molecule has 0 radical (unpaired) electrons. The number of halogens is 1. The molecule has 6 nitrogen and oxygen atoms in total.